The number of aromatic nitrogens is 7. The number of amides is 3. The number of halogens is 2. The Labute approximate surface area is 411 Å². The Morgan fingerprint density at radius 3 is 2.20 bits per heavy atom. The van der Waals surface area contributed by atoms with Crippen LogP contribution in [0.1, 0.15) is 109 Å². The van der Waals surface area contributed by atoms with Gasteiger partial charge in [0.25, 0.3) is 0 Å². The molecule has 1 aliphatic carbocycles. The van der Waals surface area contributed by atoms with Crippen molar-refractivity contribution >= 4 is 46.1 Å². The fourth-order valence-corrected chi connectivity index (χ4v) is 11.0. The normalized spacial score (nSPS) is 20.5. The first-order valence-electron chi connectivity index (χ1n) is 25.1. The van der Waals surface area contributed by atoms with Crippen molar-refractivity contribution in [1.29, 1.82) is 0 Å². The Morgan fingerprint density at radius 2 is 1.55 bits per heavy atom. The van der Waals surface area contributed by atoms with E-state index < -0.39 is 23.6 Å². The Kier molecular flexibility index (Phi) is 13.2. The molecule has 0 spiro atoms. The second-order valence-electron chi connectivity index (χ2n) is 21.3. The van der Waals surface area contributed by atoms with Gasteiger partial charge in [-0.05, 0) is 122 Å². The van der Waals surface area contributed by atoms with E-state index in [1.54, 1.807) is 9.80 Å². The van der Waals surface area contributed by atoms with Crippen molar-refractivity contribution in [1.82, 2.24) is 54.9 Å². The molecule has 0 bridgehead atoms. The van der Waals surface area contributed by atoms with Crippen LogP contribution in [0.2, 0.25) is 0 Å². The SMILES string of the molecule is CC(C)(C1CCN(CCOC(=O)N2CCC(c3cnc(-c4c(-c5nn(C(C)(C)C)c6ncnc(N)c56)noc4C4CC4)nc3)CC2)CC1)N1CCN(c2c(F)cc(NC3CCC(=O)NC3=O)cc2F)CC1. The molecule has 1 saturated carbocycles. The van der Waals surface area contributed by atoms with Gasteiger partial charge in [0.2, 0.25) is 11.8 Å². The summed E-state index contributed by atoms with van der Waals surface area (Å²) in [5.41, 5.74) is 9.41. The number of imide groups is 1. The molecule has 4 saturated heterocycles. The van der Waals surface area contributed by atoms with Gasteiger partial charge in [-0.1, -0.05) is 5.16 Å². The van der Waals surface area contributed by atoms with Crippen LogP contribution in [-0.2, 0) is 19.9 Å². The van der Waals surface area contributed by atoms with Crippen LogP contribution in [0.15, 0.2) is 35.4 Å². The van der Waals surface area contributed by atoms with Gasteiger partial charge in [-0.25, -0.2) is 38.2 Å². The zero-order valence-electron chi connectivity index (χ0n) is 41.2. The van der Waals surface area contributed by atoms with Gasteiger partial charge in [-0.3, -0.25) is 24.7 Å². The molecule has 0 radical (unpaired) electrons. The van der Waals surface area contributed by atoms with Gasteiger partial charge in [0.05, 0.1) is 16.5 Å². The number of nitrogens with zero attached hydrogens (tertiary/aromatic N) is 11. The Hall–Kier alpha value is -6.35. The van der Waals surface area contributed by atoms with Crippen molar-refractivity contribution < 1.29 is 32.4 Å². The number of fused-ring (bicyclic) bond motifs is 1. The zero-order valence-corrected chi connectivity index (χ0v) is 41.2. The van der Waals surface area contributed by atoms with E-state index in [1.165, 1.54) is 18.5 Å². The number of hydrogen-bond acceptors (Lipinski definition) is 16. The minimum atomic E-state index is -0.732. The summed E-state index contributed by atoms with van der Waals surface area (Å²) < 4.78 is 44.4. The van der Waals surface area contributed by atoms with E-state index in [1.807, 2.05) is 37.8 Å². The monoisotopic (exact) mass is 979 g/mol. The van der Waals surface area contributed by atoms with Gasteiger partial charge >= 0.3 is 6.09 Å². The molecular weight excluding hydrogens is 915 g/mol. The number of nitrogens with one attached hydrogen (secondary N) is 2. The molecule has 10 rings (SSSR count). The quantitative estimate of drug-likeness (QED) is 0.117. The molecule has 5 aliphatic rings. The Bertz CT molecular complexity index is 2760. The highest BCUT2D eigenvalue weighted by atomic mass is 19.1. The number of piperidine rings is 3. The summed E-state index contributed by atoms with van der Waals surface area (Å²) in [6, 6.07) is 1.70. The molecule has 378 valence electrons. The number of nitrogens with two attached hydrogens (primary N) is 1. The summed E-state index contributed by atoms with van der Waals surface area (Å²) in [6.45, 7) is 16.9. The van der Waals surface area contributed by atoms with Crippen LogP contribution in [0.3, 0.4) is 0 Å². The number of carbonyl (C=O) groups is 3. The van der Waals surface area contributed by atoms with Crippen LogP contribution in [-0.4, -0.2) is 145 Å². The fourth-order valence-electron chi connectivity index (χ4n) is 11.0. The lowest BCUT2D eigenvalue weighted by Crippen LogP contribution is -2.59. The average Bonchev–Trinajstić information content (AvgIpc) is 3.97. The molecule has 4 aliphatic heterocycles. The van der Waals surface area contributed by atoms with Gasteiger partial charge < -0.3 is 30.1 Å². The van der Waals surface area contributed by atoms with Crippen molar-refractivity contribution in [3.8, 4) is 22.8 Å². The molecule has 5 aromatic rings. The summed E-state index contributed by atoms with van der Waals surface area (Å²) in [5.74, 6) is 0.185. The third kappa shape index (κ3) is 9.86. The number of carbonyl (C=O) groups excluding carboxylic acids is 3. The third-order valence-electron chi connectivity index (χ3n) is 15.4. The van der Waals surface area contributed by atoms with Crippen LogP contribution >= 0.6 is 0 Å². The number of rotatable bonds is 12. The van der Waals surface area contributed by atoms with Crippen LogP contribution < -0.4 is 21.3 Å². The molecule has 5 fully saturated rings. The highest BCUT2D eigenvalue weighted by molar-refractivity contribution is 6.02. The van der Waals surface area contributed by atoms with E-state index >= 15 is 8.78 Å². The number of hydrogen-bond donors (Lipinski definition) is 3. The van der Waals surface area contributed by atoms with E-state index in [0.717, 1.165) is 62.9 Å². The van der Waals surface area contributed by atoms with Crippen LogP contribution in [0.5, 0.6) is 0 Å². The van der Waals surface area contributed by atoms with Crippen molar-refractivity contribution in [3.05, 3.63) is 53.8 Å². The molecule has 3 amide bonds. The van der Waals surface area contributed by atoms with Crippen LogP contribution in [0.25, 0.3) is 33.8 Å². The molecular formula is C50H64F2N14O5. The first-order chi connectivity index (χ1) is 34.0. The Balaban J connectivity index is 0.672. The number of piperazine rings is 1. The summed E-state index contributed by atoms with van der Waals surface area (Å²) in [7, 11) is 0. The summed E-state index contributed by atoms with van der Waals surface area (Å²) >= 11 is 0. The maximum Gasteiger partial charge on any atom is 0.409 e. The summed E-state index contributed by atoms with van der Waals surface area (Å²) in [4.78, 5) is 63.8. The second kappa shape index (κ2) is 19.3. The van der Waals surface area contributed by atoms with Crippen LogP contribution in [0.4, 0.5) is 30.8 Å². The molecule has 19 nitrogen and oxygen atoms in total. The second-order valence-corrected chi connectivity index (χ2v) is 21.3. The van der Waals surface area contributed by atoms with Gasteiger partial charge in [0.1, 0.15) is 41.9 Å². The highest BCUT2D eigenvalue weighted by Crippen LogP contribution is 2.48. The summed E-state index contributed by atoms with van der Waals surface area (Å²) in [6.07, 6.45) is 10.9. The van der Waals surface area contributed by atoms with Crippen LogP contribution in [0, 0.1) is 17.6 Å². The van der Waals surface area contributed by atoms with E-state index in [-0.39, 0.29) is 59.1 Å². The minimum absolute atomic E-state index is 0.0622. The number of benzene rings is 1. The largest absolute Gasteiger partial charge is 0.448 e. The molecule has 1 unspecified atom stereocenters. The van der Waals surface area contributed by atoms with Crippen molar-refractivity contribution in [3.63, 3.8) is 0 Å². The number of anilines is 3. The zero-order chi connectivity index (χ0) is 49.8. The molecule has 71 heavy (non-hydrogen) atoms. The minimum Gasteiger partial charge on any atom is -0.448 e. The smallest absolute Gasteiger partial charge is 0.409 e. The highest BCUT2D eigenvalue weighted by Gasteiger charge is 2.40. The molecule has 4 N–H and O–H groups in total. The number of ether oxygens (including phenoxy) is 1. The van der Waals surface area contributed by atoms with E-state index in [0.29, 0.717) is 98.0 Å². The van der Waals surface area contributed by atoms with Gasteiger partial charge in [0, 0.05) is 81.8 Å². The topological polar surface area (TPSA) is 219 Å². The molecule has 8 heterocycles. The lowest BCUT2D eigenvalue weighted by Gasteiger charge is -2.50. The van der Waals surface area contributed by atoms with E-state index in [2.05, 4.69) is 49.4 Å². The average molecular weight is 979 g/mol. The summed E-state index contributed by atoms with van der Waals surface area (Å²) in [5, 5.41) is 15.2. The lowest BCUT2D eigenvalue weighted by molar-refractivity contribution is -0.133. The molecule has 4 aromatic heterocycles. The lowest BCUT2D eigenvalue weighted by atomic mass is 9.78. The van der Waals surface area contributed by atoms with Crippen molar-refractivity contribution in [2.24, 2.45) is 5.92 Å². The first-order valence-corrected chi connectivity index (χ1v) is 25.1. The predicted molar refractivity (Wildman–Crippen MR) is 261 cm³/mol. The van der Waals surface area contributed by atoms with Gasteiger partial charge in [-0.2, -0.15) is 5.10 Å². The maximum atomic E-state index is 15.4. The first kappa shape index (κ1) is 48.3. The maximum absolute atomic E-state index is 15.4. The van der Waals surface area contributed by atoms with Crippen molar-refractivity contribution in [2.75, 3.05) is 81.5 Å². The predicted octanol–water partition coefficient (Wildman–Crippen LogP) is 6.28. The molecule has 1 atom stereocenters. The molecule has 1 aromatic carbocycles. The molecule has 21 heteroatoms. The van der Waals surface area contributed by atoms with E-state index in [9.17, 15) is 14.4 Å². The van der Waals surface area contributed by atoms with Crippen molar-refractivity contribution in [2.45, 2.75) is 115 Å². The third-order valence-corrected chi connectivity index (χ3v) is 15.4. The number of likely N-dealkylation sites (tertiary alicyclic amines) is 2. The number of nitrogen functional groups attached to an aromatic ring is 1. The van der Waals surface area contributed by atoms with Gasteiger partial charge in [-0.15, -0.1) is 0 Å². The standard InChI is InChI=1S/C50H64F2N14O5/c1-49(2,3)66-46-39(44(53)56-28-57-46)40(60-66)41-38(43(71-61-41)30-6-7-30)45-54-26-31(27-55-45)29-10-16-64(17-11-29)48(69)70-23-22-62-14-12-32(13-15-62)50(4,5)65-20-18-63(19-21-65)42-34(51)24-33(25-35(42)52)58-36-8-9-37(67)59-47(36)68/h24-30,32,36,58H,6-23H2,1-5H3,(H2,53,56,57)(H,59,67,68). The van der Waals surface area contributed by atoms with E-state index in [4.69, 9.17) is 30.1 Å². The Morgan fingerprint density at radius 1 is 0.859 bits per heavy atom. The van der Waals surface area contributed by atoms with Gasteiger partial charge in [0.15, 0.2) is 28.9 Å². The fraction of sp³-hybridized carbons (Fsp3) is 0.580.